The summed E-state index contributed by atoms with van der Waals surface area (Å²) in [7, 11) is 0. The Morgan fingerprint density at radius 2 is 2.00 bits per heavy atom. The number of benzene rings is 1. The summed E-state index contributed by atoms with van der Waals surface area (Å²) in [4.78, 5) is 22.4. The van der Waals surface area contributed by atoms with Crippen LogP contribution in [0, 0.1) is 9.49 Å². The maximum Gasteiger partial charge on any atom is 0.337 e. The van der Waals surface area contributed by atoms with Gasteiger partial charge in [-0.2, -0.15) is 0 Å². The lowest BCUT2D eigenvalue weighted by atomic mass is 10.1. The molecule has 0 saturated carbocycles. The summed E-state index contributed by atoms with van der Waals surface area (Å²) in [5, 5.41) is 11.6. The molecule has 5 heteroatoms. The van der Waals surface area contributed by atoms with Crippen molar-refractivity contribution in [1.29, 1.82) is 0 Å². The number of nitrogens with one attached hydrogen (secondary N) is 1. The third-order valence-corrected chi connectivity index (χ3v) is 2.67. The van der Waals surface area contributed by atoms with Crippen LogP contribution in [0.5, 0.6) is 0 Å². The molecular weight excluding hydrogens is 321 g/mol. The van der Waals surface area contributed by atoms with Gasteiger partial charge in [0.05, 0.1) is 11.3 Å². The first-order valence-electron chi connectivity index (χ1n) is 4.75. The number of rotatable bonds is 3. The lowest BCUT2D eigenvalue weighted by Gasteiger charge is -2.10. The molecule has 86 valence electrons. The molecule has 0 fully saturated rings. The molecule has 0 saturated heterocycles. The number of carbonyl (C=O) groups excluding carboxylic acids is 1. The molecular formula is C11H12INO3. The molecule has 1 aromatic rings. The molecule has 0 aliphatic carbocycles. The zero-order valence-corrected chi connectivity index (χ0v) is 11.1. The van der Waals surface area contributed by atoms with E-state index in [2.05, 4.69) is 27.9 Å². The second kappa shape index (κ2) is 5.29. The Labute approximate surface area is 107 Å². The Morgan fingerprint density at radius 1 is 1.38 bits per heavy atom. The van der Waals surface area contributed by atoms with Crippen molar-refractivity contribution in [2.45, 2.75) is 13.8 Å². The normalized spacial score (nSPS) is 10.2. The molecule has 1 amide bonds. The quantitative estimate of drug-likeness (QED) is 0.836. The largest absolute Gasteiger partial charge is 0.478 e. The molecule has 0 atom stereocenters. The predicted octanol–water partition coefficient (Wildman–Crippen LogP) is 2.58. The van der Waals surface area contributed by atoms with Crippen molar-refractivity contribution in [1.82, 2.24) is 0 Å². The Hall–Kier alpha value is -1.11. The monoisotopic (exact) mass is 333 g/mol. The van der Waals surface area contributed by atoms with Gasteiger partial charge in [0, 0.05) is 9.49 Å². The van der Waals surface area contributed by atoms with Gasteiger partial charge in [-0.15, -0.1) is 0 Å². The third-order valence-electron chi connectivity index (χ3n) is 1.99. The van der Waals surface area contributed by atoms with Crippen molar-refractivity contribution in [2.75, 3.05) is 5.32 Å². The first kappa shape index (κ1) is 13.0. The van der Waals surface area contributed by atoms with Crippen molar-refractivity contribution in [3.63, 3.8) is 0 Å². The van der Waals surface area contributed by atoms with Crippen LogP contribution in [0.15, 0.2) is 18.2 Å². The number of carboxylic acid groups (broad SMARTS) is 1. The summed E-state index contributed by atoms with van der Waals surface area (Å²) in [5.41, 5.74) is 0.451. The van der Waals surface area contributed by atoms with Gasteiger partial charge < -0.3 is 10.4 Å². The van der Waals surface area contributed by atoms with Gasteiger partial charge in [-0.05, 0) is 40.8 Å². The van der Waals surface area contributed by atoms with Crippen LogP contribution in [0.4, 0.5) is 5.69 Å². The average molecular weight is 333 g/mol. The molecule has 0 heterocycles. The predicted molar refractivity (Wildman–Crippen MR) is 69.6 cm³/mol. The molecule has 0 aliphatic rings. The highest BCUT2D eigenvalue weighted by molar-refractivity contribution is 14.1. The van der Waals surface area contributed by atoms with E-state index >= 15 is 0 Å². The topological polar surface area (TPSA) is 66.4 Å². The van der Waals surface area contributed by atoms with E-state index in [9.17, 15) is 9.59 Å². The van der Waals surface area contributed by atoms with Crippen molar-refractivity contribution >= 4 is 40.2 Å². The highest BCUT2D eigenvalue weighted by Gasteiger charge is 2.14. The van der Waals surface area contributed by atoms with Crippen LogP contribution < -0.4 is 5.32 Å². The number of hydrogen-bond acceptors (Lipinski definition) is 2. The summed E-state index contributed by atoms with van der Waals surface area (Å²) in [5.74, 6) is -1.42. The lowest BCUT2D eigenvalue weighted by molar-refractivity contribution is -0.118. The van der Waals surface area contributed by atoms with Crippen molar-refractivity contribution < 1.29 is 14.7 Å². The van der Waals surface area contributed by atoms with Gasteiger partial charge in [0.15, 0.2) is 0 Å². The Bertz CT molecular complexity index is 429. The van der Waals surface area contributed by atoms with E-state index in [1.54, 1.807) is 26.0 Å². The minimum absolute atomic E-state index is 0.106. The smallest absolute Gasteiger partial charge is 0.337 e. The van der Waals surface area contributed by atoms with Crippen molar-refractivity contribution in [2.24, 2.45) is 5.92 Å². The summed E-state index contributed by atoms with van der Waals surface area (Å²) in [6.07, 6.45) is 0. The Kier molecular flexibility index (Phi) is 4.28. The van der Waals surface area contributed by atoms with Crippen LogP contribution in [0.3, 0.4) is 0 Å². The third kappa shape index (κ3) is 3.19. The SMILES string of the molecule is CC(C)C(=O)Nc1cc(I)ccc1C(=O)O. The fraction of sp³-hybridized carbons (Fsp3) is 0.273. The van der Waals surface area contributed by atoms with Gasteiger partial charge in [0.2, 0.25) is 5.91 Å². The van der Waals surface area contributed by atoms with Crippen molar-refractivity contribution in [3.05, 3.63) is 27.3 Å². The summed E-state index contributed by atoms with van der Waals surface area (Å²) in [6.45, 7) is 3.51. The van der Waals surface area contributed by atoms with Crippen LogP contribution in [-0.4, -0.2) is 17.0 Å². The van der Waals surface area contributed by atoms with E-state index in [0.29, 0.717) is 5.69 Å². The van der Waals surface area contributed by atoms with Gasteiger partial charge in [-0.3, -0.25) is 4.79 Å². The van der Waals surface area contributed by atoms with Gasteiger partial charge in [0.25, 0.3) is 0 Å². The minimum atomic E-state index is -1.05. The van der Waals surface area contributed by atoms with Crippen molar-refractivity contribution in [3.8, 4) is 0 Å². The molecule has 1 rings (SSSR count). The van der Waals surface area contributed by atoms with E-state index in [4.69, 9.17) is 5.11 Å². The molecule has 4 nitrogen and oxygen atoms in total. The lowest BCUT2D eigenvalue weighted by Crippen LogP contribution is -2.19. The average Bonchev–Trinajstić information content (AvgIpc) is 2.16. The van der Waals surface area contributed by atoms with Crippen LogP contribution in [0.25, 0.3) is 0 Å². The van der Waals surface area contributed by atoms with Gasteiger partial charge in [0.1, 0.15) is 0 Å². The molecule has 0 bridgehead atoms. The molecule has 16 heavy (non-hydrogen) atoms. The second-order valence-corrected chi connectivity index (χ2v) is 4.88. The van der Waals surface area contributed by atoms with Gasteiger partial charge in [-0.25, -0.2) is 4.79 Å². The number of aromatic carboxylic acids is 1. The van der Waals surface area contributed by atoms with E-state index in [-0.39, 0.29) is 17.4 Å². The highest BCUT2D eigenvalue weighted by atomic mass is 127. The van der Waals surface area contributed by atoms with E-state index in [0.717, 1.165) is 3.57 Å². The number of amides is 1. The number of carboxylic acids is 1. The van der Waals surface area contributed by atoms with Crippen LogP contribution in [0.1, 0.15) is 24.2 Å². The van der Waals surface area contributed by atoms with E-state index in [1.165, 1.54) is 6.07 Å². The minimum Gasteiger partial charge on any atom is -0.478 e. The van der Waals surface area contributed by atoms with Crippen LogP contribution in [-0.2, 0) is 4.79 Å². The molecule has 1 aromatic carbocycles. The first-order chi connectivity index (χ1) is 7.41. The zero-order valence-electron chi connectivity index (χ0n) is 8.95. The number of hydrogen-bond donors (Lipinski definition) is 2. The highest BCUT2D eigenvalue weighted by Crippen LogP contribution is 2.19. The maximum absolute atomic E-state index is 11.5. The summed E-state index contributed by atoms with van der Waals surface area (Å²) < 4.78 is 0.877. The molecule has 0 aromatic heterocycles. The fourth-order valence-electron chi connectivity index (χ4n) is 1.08. The molecule has 0 spiro atoms. The summed E-state index contributed by atoms with van der Waals surface area (Å²) >= 11 is 2.07. The van der Waals surface area contributed by atoms with Gasteiger partial charge >= 0.3 is 5.97 Å². The molecule has 2 N–H and O–H groups in total. The van der Waals surface area contributed by atoms with Crippen LogP contribution in [0.2, 0.25) is 0 Å². The standard InChI is InChI=1S/C11H12INO3/c1-6(2)10(14)13-9-5-7(12)3-4-8(9)11(15)16/h3-6H,1-2H3,(H,13,14)(H,15,16). The van der Waals surface area contributed by atoms with Gasteiger partial charge in [-0.1, -0.05) is 13.8 Å². The van der Waals surface area contributed by atoms with Crippen LogP contribution >= 0.6 is 22.6 Å². The van der Waals surface area contributed by atoms with E-state index in [1.807, 2.05) is 0 Å². The second-order valence-electron chi connectivity index (χ2n) is 3.64. The fourth-order valence-corrected chi connectivity index (χ4v) is 1.57. The molecule has 0 radical (unpaired) electrons. The number of carbonyl (C=O) groups is 2. The maximum atomic E-state index is 11.5. The number of halogens is 1. The molecule has 0 aliphatic heterocycles. The first-order valence-corrected chi connectivity index (χ1v) is 5.83. The Morgan fingerprint density at radius 3 is 2.50 bits per heavy atom. The van der Waals surface area contributed by atoms with E-state index < -0.39 is 5.97 Å². The summed E-state index contributed by atoms with van der Waals surface area (Å²) in [6, 6.07) is 4.82. The number of anilines is 1. The zero-order chi connectivity index (χ0) is 12.3. The molecule has 0 unspecified atom stereocenters. The Balaban J connectivity index is 3.06.